The Labute approximate surface area is 152 Å². The number of nitrogens with zero attached hydrogens (tertiary/aromatic N) is 4. The van der Waals surface area contributed by atoms with Gasteiger partial charge in [-0.15, -0.1) is 0 Å². The standard InChI is InChI=1S/C19H22N4O3/c1-3-15-9-20-13(2)21-19(15)23-7-6-22(18(24)11-23)10-14-4-5-16-17(8-14)26-12-25-16/h4-5,8-9H,3,6-7,10-12H2,1-2H3. The van der Waals surface area contributed by atoms with E-state index in [-0.39, 0.29) is 12.7 Å². The van der Waals surface area contributed by atoms with Crippen molar-refractivity contribution in [3.05, 3.63) is 41.3 Å². The van der Waals surface area contributed by atoms with Gasteiger partial charge in [-0.05, 0) is 31.0 Å². The number of hydrogen-bond donors (Lipinski definition) is 0. The van der Waals surface area contributed by atoms with Gasteiger partial charge in [0.2, 0.25) is 12.7 Å². The zero-order chi connectivity index (χ0) is 18.1. The number of ether oxygens (including phenoxy) is 2. The van der Waals surface area contributed by atoms with Crippen molar-refractivity contribution in [1.82, 2.24) is 14.9 Å². The predicted octanol–water partition coefficient (Wildman–Crippen LogP) is 1.92. The highest BCUT2D eigenvalue weighted by molar-refractivity contribution is 5.82. The molecule has 136 valence electrons. The second-order valence-corrected chi connectivity index (χ2v) is 6.54. The number of aryl methyl sites for hydroxylation is 2. The molecule has 3 heterocycles. The summed E-state index contributed by atoms with van der Waals surface area (Å²) in [6.45, 7) is 6.56. The Bertz CT molecular complexity index is 840. The van der Waals surface area contributed by atoms with Crippen LogP contribution in [0.15, 0.2) is 24.4 Å². The van der Waals surface area contributed by atoms with Crippen molar-refractivity contribution >= 4 is 11.7 Å². The van der Waals surface area contributed by atoms with Gasteiger partial charge < -0.3 is 19.3 Å². The van der Waals surface area contributed by atoms with Crippen molar-refractivity contribution in [2.24, 2.45) is 0 Å². The first kappa shape index (κ1) is 16.6. The van der Waals surface area contributed by atoms with E-state index in [1.807, 2.05) is 36.2 Å². The minimum Gasteiger partial charge on any atom is -0.454 e. The monoisotopic (exact) mass is 354 g/mol. The van der Waals surface area contributed by atoms with Crippen molar-refractivity contribution in [3.8, 4) is 11.5 Å². The molecule has 1 aromatic carbocycles. The first-order chi connectivity index (χ1) is 12.6. The van der Waals surface area contributed by atoms with Gasteiger partial charge in [0.15, 0.2) is 11.5 Å². The highest BCUT2D eigenvalue weighted by Crippen LogP contribution is 2.33. The molecule has 7 heteroatoms. The summed E-state index contributed by atoms with van der Waals surface area (Å²) in [4.78, 5) is 25.5. The summed E-state index contributed by atoms with van der Waals surface area (Å²) in [5, 5.41) is 0. The number of hydrogen-bond acceptors (Lipinski definition) is 6. The van der Waals surface area contributed by atoms with Crippen molar-refractivity contribution in [3.63, 3.8) is 0 Å². The van der Waals surface area contributed by atoms with Crippen LogP contribution >= 0.6 is 0 Å². The number of aromatic nitrogens is 2. The van der Waals surface area contributed by atoms with Crippen LogP contribution in [-0.4, -0.2) is 47.2 Å². The van der Waals surface area contributed by atoms with Gasteiger partial charge >= 0.3 is 0 Å². The van der Waals surface area contributed by atoms with E-state index in [0.29, 0.717) is 19.6 Å². The summed E-state index contributed by atoms with van der Waals surface area (Å²) in [5.41, 5.74) is 2.12. The molecule has 0 atom stereocenters. The lowest BCUT2D eigenvalue weighted by molar-refractivity contribution is -0.131. The van der Waals surface area contributed by atoms with Crippen LogP contribution in [0.5, 0.6) is 11.5 Å². The third-order valence-corrected chi connectivity index (χ3v) is 4.77. The zero-order valence-corrected chi connectivity index (χ0v) is 15.1. The van der Waals surface area contributed by atoms with Crippen LogP contribution in [0.1, 0.15) is 23.9 Å². The number of carbonyl (C=O) groups excluding carboxylic acids is 1. The zero-order valence-electron chi connectivity index (χ0n) is 15.1. The first-order valence-electron chi connectivity index (χ1n) is 8.88. The molecule has 0 saturated carbocycles. The molecule has 1 amide bonds. The Morgan fingerprint density at radius 2 is 2.04 bits per heavy atom. The molecular formula is C19H22N4O3. The van der Waals surface area contributed by atoms with E-state index < -0.39 is 0 Å². The van der Waals surface area contributed by atoms with E-state index in [0.717, 1.165) is 47.2 Å². The largest absolute Gasteiger partial charge is 0.454 e. The summed E-state index contributed by atoms with van der Waals surface area (Å²) in [6, 6.07) is 5.83. The van der Waals surface area contributed by atoms with Crippen LogP contribution in [0.25, 0.3) is 0 Å². The van der Waals surface area contributed by atoms with Crippen LogP contribution in [0.4, 0.5) is 5.82 Å². The molecule has 1 saturated heterocycles. The fourth-order valence-electron chi connectivity index (χ4n) is 3.32. The Hall–Kier alpha value is -2.83. The third-order valence-electron chi connectivity index (χ3n) is 4.77. The lowest BCUT2D eigenvalue weighted by atomic mass is 10.1. The molecule has 7 nitrogen and oxygen atoms in total. The van der Waals surface area contributed by atoms with Gasteiger partial charge in [0.05, 0.1) is 6.54 Å². The van der Waals surface area contributed by atoms with Crippen molar-refractivity contribution < 1.29 is 14.3 Å². The second kappa shape index (κ2) is 6.82. The SMILES string of the molecule is CCc1cnc(C)nc1N1CCN(Cc2ccc3c(c2)OCO3)C(=O)C1. The summed E-state index contributed by atoms with van der Waals surface area (Å²) in [6.07, 6.45) is 2.71. The van der Waals surface area contributed by atoms with E-state index >= 15 is 0 Å². The molecule has 0 spiro atoms. The minimum absolute atomic E-state index is 0.104. The lowest BCUT2D eigenvalue weighted by Gasteiger charge is -2.35. The van der Waals surface area contributed by atoms with Crippen LogP contribution < -0.4 is 14.4 Å². The highest BCUT2D eigenvalue weighted by Gasteiger charge is 2.26. The van der Waals surface area contributed by atoms with E-state index in [1.165, 1.54) is 0 Å². The molecule has 2 aromatic rings. The van der Waals surface area contributed by atoms with Gasteiger partial charge in [-0.3, -0.25) is 4.79 Å². The molecule has 0 radical (unpaired) electrons. The van der Waals surface area contributed by atoms with E-state index in [1.54, 1.807) is 0 Å². The van der Waals surface area contributed by atoms with E-state index in [2.05, 4.69) is 21.8 Å². The molecular weight excluding hydrogens is 332 g/mol. The summed E-state index contributed by atoms with van der Waals surface area (Å²) < 4.78 is 10.8. The van der Waals surface area contributed by atoms with Crippen LogP contribution in [0.2, 0.25) is 0 Å². The molecule has 2 aliphatic rings. The van der Waals surface area contributed by atoms with Gasteiger partial charge in [0.25, 0.3) is 0 Å². The highest BCUT2D eigenvalue weighted by atomic mass is 16.7. The number of fused-ring (bicyclic) bond motifs is 1. The van der Waals surface area contributed by atoms with Gasteiger partial charge in [0.1, 0.15) is 11.6 Å². The normalized spacial score (nSPS) is 16.3. The molecule has 0 aliphatic carbocycles. The maximum absolute atomic E-state index is 12.7. The van der Waals surface area contributed by atoms with Gasteiger partial charge in [-0.25, -0.2) is 9.97 Å². The lowest BCUT2D eigenvalue weighted by Crippen LogP contribution is -2.50. The van der Waals surface area contributed by atoms with Crippen LogP contribution in [-0.2, 0) is 17.8 Å². The van der Waals surface area contributed by atoms with E-state index in [9.17, 15) is 4.79 Å². The molecule has 1 aromatic heterocycles. The Morgan fingerprint density at radius 3 is 2.85 bits per heavy atom. The fourth-order valence-corrected chi connectivity index (χ4v) is 3.32. The number of benzene rings is 1. The maximum atomic E-state index is 12.7. The van der Waals surface area contributed by atoms with Crippen molar-refractivity contribution in [2.75, 3.05) is 31.3 Å². The maximum Gasteiger partial charge on any atom is 0.242 e. The predicted molar refractivity (Wildman–Crippen MR) is 96.3 cm³/mol. The molecule has 2 aliphatic heterocycles. The topological polar surface area (TPSA) is 67.8 Å². The van der Waals surface area contributed by atoms with Crippen LogP contribution in [0, 0.1) is 6.92 Å². The summed E-state index contributed by atoms with van der Waals surface area (Å²) in [5.74, 6) is 3.23. The Kier molecular flexibility index (Phi) is 4.36. The van der Waals surface area contributed by atoms with Gasteiger partial charge in [-0.2, -0.15) is 0 Å². The van der Waals surface area contributed by atoms with Crippen molar-refractivity contribution in [2.45, 2.75) is 26.8 Å². The van der Waals surface area contributed by atoms with E-state index in [4.69, 9.17) is 9.47 Å². The van der Waals surface area contributed by atoms with Gasteiger partial charge in [-0.1, -0.05) is 13.0 Å². The number of anilines is 1. The molecule has 0 N–H and O–H groups in total. The molecule has 26 heavy (non-hydrogen) atoms. The number of rotatable bonds is 4. The average molecular weight is 354 g/mol. The van der Waals surface area contributed by atoms with Gasteiger partial charge in [0, 0.05) is 31.4 Å². The smallest absolute Gasteiger partial charge is 0.242 e. The molecule has 4 rings (SSSR count). The number of amides is 1. The van der Waals surface area contributed by atoms with Crippen molar-refractivity contribution in [1.29, 1.82) is 0 Å². The second-order valence-electron chi connectivity index (χ2n) is 6.54. The Balaban J connectivity index is 1.46. The summed E-state index contributed by atoms with van der Waals surface area (Å²) in [7, 11) is 0. The number of piperazine rings is 1. The molecule has 0 bridgehead atoms. The quantitative estimate of drug-likeness (QED) is 0.836. The fraction of sp³-hybridized carbons (Fsp3) is 0.421. The third kappa shape index (κ3) is 3.16. The average Bonchev–Trinajstić information content (AvgIpc) is 3.11. The number of carbonyl (C=O) groups is 1. The first-order valence-corrected chi connectivity index (χ1v) is 8.88. The summed E-state index contributed by atoms with van der Waals surface area (Å²) >= 11 is 0. The minimum atomic E-state index is 0.104. The molecule has 1 fully saturated rings. The van der Waals surface area contributed by atoms with Crippen LogP contribution in [0.3, 0.4) is 0 Å². The Morgan fingerprint density at radius 1 is 1.19 bits per heavy atom. The molecule has 0 unspecified atom stereocenters.